The number of thioether (sulfide) groups is 1. The molecule has 0 amide bonds. The Hall–Kier alpha value is -2.39. The summed E-state index contributed by atoms with van der Waals surface area (Å²) in [5.41, 5.74) is 7.76. The number of hydrogen-bond acceptors (Lipinski definition) is 8. The molecule has 0 spiro atoms. The molecule has 0 saturated heterocycles. The molecule has 9 heteroatoms. The zero-order valence-corrected chi connectivity index (χ0v) is 19.6. The quantitative estimate of drug-likeness (QED) is 0.400. The van der Waals surface area contributed by atoms with Crippen LogP contribution in [0.4, 0.5) is 5.82 Å². The fourth-order valence-corrected chi connectivity index (χ4v) is 6.34. The number of hydrogen-bond donors (Lipinski definition) is 1. The second-order valence-corrected chi connectivity index (χ2v) is 10.7. The van der Waals surface area contributed by atoms with E-state index in [0.29, 0.717) is 17.5 Å². The monoisotopic (exact) mass is 454 g/mol. The second kappa shape index (κ2) is 8.27. The van der Waals surface area contributed by atoms with Crippen LogP contribution in [0.3, 0.4) is 0 Å². The highest BCUT2D eigenvalue weighted by atomic mass is 32.2. The molecular formula is C22H26N6OS2. The number of aromatic nitrogens is 5. The van der Waals surface area contributed by atoms with Gasteiger partial charge in [-0.25, -0.2) is 9.97 Å². The maximum absolute atomic E-state index is 6.39. The number of nitrogens with zero attached hydrogens (tertiary/aromatic N) is 5. The Morgan fingerprint density at radius 1 is 1.32 bits per heavy atom. The molecule has 1 unspecified atom stereocenters. The van der Waals surface area contributed by atoms with E-state index in [-0.39, 0.29) is 0 Å². The largest absolute Gasteiger partial charge is 0.461 e. The van der Waals surface area contributed by atoms with Gasteiger partial charge in [-0.2, -0.15) is 0 Å². The van der Waals surface area contributed by atoms with E-state index < -0.39 is 0 Å². The normalized spacial score (nSPS) is 16.3. The van der Waals surface area contributed by atoms with Gasteiger partial charge in [0, 0.05) is 11.4 Å². The molecule has 0 saturated carbocycles. The molecule has 0 aliphatic heterocycles. The van der Waals surface area contributed by atoms with Gasteiger partial charge >= 0.3 is 0 Å². The SMILES string of the molecule is CC(C)Cn1c(SCc2nc(N)c3c4c(sc3n2)CC(C)CC4)nnc1-c1ccco1. The standard InChI is InChI=1S/C22H26N6OS2/c1-12(2)10-28-20(15-5-4-8-29-15)26-27-22(28)30-11-17-24-19(23)18-14-7-6-13(3)9-16(14)31-21(18)25-17/h4-5,8,12-13H,6-7,9-11H2,1-3H3,(H2,23,24,25). The first kappa shape index (κ1) is 20.5. The molecule has 162 valence electrons. The summed E-state index contributed by atoms with van der Waals surface area (Å²) in [6, 6.07) is 3.77. The van der Waals surface area contributed by atoms with E-state index in [9.17, 15) is 0 Å². The molecule has 7 nitrogen and oxygen atoms in total. The van der Waals surface area contributed by atoms with Crippen molar-refractivity contribution in [3.8, 4) is 11.6 Å². The van der Waals surface area contributed by atoms with E-state index >= 15 is 0 Å². The molecule has 2 N–H and O–H groups in total. The predicted octanol–water partition coefficient (Wildman–Crippen LogP) is 5.20. The third-order valence-corrected chi connectivity index (χ3v) is 7.68. The summed E-state index contributed by atoms with van der Waals surface area (Å²) in [7, 11) is 0. The van der Waals surface area contributed by atoms with Gasteiger partial charge in [0.2, 0.25) is 0 Å². The fraction of sp³-hybridized carbons (Fsp3) is 0.455. The number of fused-ring (bicyclic) bond motifs is 3. The lowest BCUT2D eigenvalue weighted by Crippen LogP contribution is -2.09. The molecule has 0 radical (unpaired) electrons. The lowest BCUT2D eigenvalue weighted by Gasteiger charge is -2.17. The van der Waals surface area contributed by atoms with Crippen LogP contribution in [0, 0.1) is 11.8 Å². The van der Waals surface area contributed by atoms with Crippen molar-refractivity contribution in [2.24, 2.45) is 11.8 Å². The minimum absolute atomic E-state index is 0.451. The first-order valence-electron chi connectivity index (χ1n) is 10.7. The van der Waals surface area contributed by atoms with Gasteiger partial charge in [0.1, 0.15) is 16.5 Å². The molecular weight excluding hydrogens is 428 g/mol. The highest BCUT2D eigenvalue weighted by Gasteiger charge is 2.24. The Labute approximate surface area is 189 Å². The molecule has 4 heterocycles. The Morgan fingerprint density at radius 2 is 2.19 bits per heavy atom. The summed E-state index contributed by atoms with van der Waals surface area (Å²) in [6.45, 7) is 7.48. The minimum atomic E-state index is 0.451. The van der Waals surface area contributed by atoms with Crippen molar-refractivity contribution in [3.05, 3.63) is 34.7 Å². The van der Waals surface area contributed by atoms with Crippen LogP contribution in [0.1, 0.15) is 43.5 Å². The molecule has 0 aromatic carbocycles. The van der Waals surface area contributed by atoms with Gasteiger partial charge in [0.25, 0.3) is 0 Å². The van der Waals surface area contributed by atoms with Gasteiger partial charge in [-0.05, 0) is 48.8 Å². The van der Waals surface area contributed by atoms with Crippen molar-refractivity contribution in [2.45, 2.75) is 57.5 Å². The van der Waals surface area contributed by atoms with Crippen LogP contribution < -0.4 is 5.73 Å². The zero-order valence-electron chi connectivity index (χ0n) is 18.0. The molecule has 5 rings (SSSR count). The molecule has 0 bridgehead atoms. The Morgan fingerprint density at radius 3 is 2.97 bits per heavy atom. The van der Waals surface area contributed by atoms with Crippen molar-refractivity contribution in [1.29, 1.82) is 0 Å². The Kier molecular flexibility index (Phi) is 5.47. The average molecular weight is 455 g/mol. The number of nitrogens with two attached hydrogens (primary N) is 1. The van der Waals surface area contributed by atoms with Gasteiger partial charge in [-0.15, -0.1) is 21.5 Å². The van der Waals surface area contributed by atoms with Gasteiger partial charge in [0.05, 0.1) is 17.4 Å². The van der Waals surface area contributed by atoms with Crippen molar-refractivity contribution in [1.82, 2.24) is 24.7 Å². The molecule has 0 fully saturated rings. The van der Waals surface area contributed by atoms with E-state index in [0.717, 1.165) is 58.1 Å². The van der Waals surface area contributed by atoms with Crippen LogP contribution in [0.15, 0.2) is 28.0 Å². The third kappa shape index (κ3) is 3.96. The van der Waals surface area contributed by atoms with Gasteiger partial charge in [-0.3, -0.25) is 4.57 Å². The summed E-state index contributed by atoms with van der Waals surface area (Å²) in [5.74, 6) is 4.57. The summed E-state index contributed by atoms with van der Waals surface area (Å²) in [6.07, 6.45) is 5.06. The summed E-state index contributed by atoms with van der Waals surface area (Å²) < 4.78 is 7.67. The van der Waals surface area contributed by atoms with Gasteiger partial charge < -0.3 is 10.2 Å². The van der Waals surface area contributed by atoms with Gasteiger partial charge in [-0.1, -0.05) is 32.5 Å². The zero-order chi connectivity index (χ0) is 21.5. The number of aryl methyl sites for hydroxylation is 1. The lowest BCUT2D eigenvalue weighted by molar-refractivity contribution is 0.489. The number of rotatable bonds is 6. The highest BCUT2D eigenvalue weighted by Crippen LogP contribution is 2.39. The summed E-state index contributed by atoms with van der Waals surface area (Å²) in [5, 5.41) is 10.7. The van der Waals surface area contributed by atoms with Crippen molar-refractivity contribution < 1.29 is 4.42 Å². The maximum atomic E-state index is 6.39. The maximum Gasteiger partial charge on any atom is 0.200 e. The molecule has 1 aliphatic rings. The van der Waals surface area contributed by atoms with E-state index in [1.54, 1.807) is 29.4 Å². The van der Waals surface area contributed by atoms with E-state index in [2.05, 4.69) is 40.5 Å². The van der Waals surface area contributed by atoms with Gasteiger partial charge in [0.15, 0.2) is 16.7 Å². The van der Waals surface area contributed by atoms with E-state index in [4.69, 9.17) is 15.1 Å². The Balaban J connectivity index is 1.42. The molecule has 1 atom stereocenters. The topological polar surface area (TPSA) is 95.7 Å². The summed E-state index contributed by atoms with van der Waals surface area (Å²) in [4.78, 5) is 11.9. The van der Waals surface area contributed by atoms with Crippen LogP contribution in [0.5, 0.6) is 0 Å². The molecule has 31 heavy (non-hydrogen) atoms. The second-order valence-electron chi connectivity index (χ2n) is 8.63. The van der Waals surface area contributed by atoms with Crippen LogP contribution >= 0.6 is 23.1 Å². The van der Waals surface area contributed by atoms with Crippen molar-refractivity contribution >= 4 is 39.1 Å². The highest BCUT2D eigenvalue weighted by molar-refractivity contribution is 7.98. The molecule has 4 aromatic rings. The number of thiophene rings is 1. The number of anilines is 1. The molecule has 1 aliphatic carbocycles. The average Bonchev–Trinajstić information content (AvgIpc) is 3.44. The molecule has 4 aromatic heterocycles. The minimum Gasteiger partial charge on any atom is -0.461 e. The van der Waals surface area contributed by atoms with Crippen molar-refractivity contribution in [3.63, 3.8) is 0 Å². The van der Waals surface area contributed by atoms with Crippen LogP contribution in [-0.2, 0) is 25.1 Å². The Bertz CT molecular complexity index is 1210. The first-order valence-corrected chi connectivity index (χ1v) is 12.5. The van der Waals surface area contributed by atoms with E-state index in [1.165, 1.54) is 16.9 Å². The lowest BCUT2D eigenvalue weighted by atomic mass is 9.89. The van der Waals surface area contributed by atoms with E-state index in [1.807, 2.05) is 12.1 Å². The number of furan rings is 1. The third-order valence-electron chi connectivity index (χ3n) is 5.57. The predicted molar refractivity (Wildman–Crippen MR) is 125 cm³/mol. The first-order chi connectivity index (χ1) is 15.0. The number of nitrogen functional groups attached to an aromatic ring is 1. The van der Waals surface area contributed by atoms with Crippen LogP contribution in [0.2, 0.25) is 0 Å². The van der Waals surface area contributed by atoms with Crippen LogP contribution in [0.25, 0.3) is 21.8 Å². The van der Waals surface area contributed by atoms with Crippen molar-refractivity contribution in [2.75, 3.05) is 5.73 Å². The van der Waals surface area contributed by atoms with Crippen LogP contribution in [-0.4, -0.2) is 24.7 Å². The summed E-state index contributed by atoms with van der Waals surface area (Å²) >= 11 is 3.37. The fourth-order valence-electron chi connectivity index (χ4n) is 4.12. The smallest absolute Gasteiger partial charge is 0.200 e.